The van der Waals surface area contributed by atoms with Crippen LogP contribution in [0.2, 0.25) is 0 Å². The Kier molecular flexibility index (Phi) is 33.5. The maximum absolute atomic E-state index is 12.5. The van der Waals surface area contributed by atoms with Crippen molar-refractivity contribution in [2.24, 2.45) is 5.73 Å². The van der Waals surface area contributed by atoms with Gasteiger partial charge < -0.3 is 25.2 Å². The molecule has 4 N–H and O–H groups in total. The number of unbranched alkanes of at least 4 members (excludes halogenated alkanes) is 11. The standard InChI is InChI=1S/C39H68NO9P/c1-3-5-7-9-11-13-15-16-17-18-19-20-21-22-24-26-28-30-32-46-33-36(34-47-50(44,45)48-35-37(40)39(42)43)49-38(41)31-29-27-25-23-14-12-10-8-6-4-2/h5,7-8,10-11,13,16-17,19-20,36-37H,3-4,6,9,12,14-15,18,21-35,40H2,1-2H3,(H,42,43)(H,44,45)/b7-5-,10-8-,13-11-,17-16-,20-19-. The van der Waals surface area contributed by atoms with Crippen LogP contribution in [0.15, 0.2) is 60.8 Å². The predicted molar refractivity (Wildman–Crippen MR) is 203 cm³/mol. The largest absolute Gasteiger partial charge is 0.480 e. The number of carbonyl (C=O) groups excluding carboxylic acids is 1. The van der Waals surface area contributed by atoms with E-state index in [2.05, 4.69) is 79.1 Å². The number of carboxylic acid groups (broad SMARTS) is 1. The quantitative estimate of drug-likeness (QED) is 0.0249. The van der Waals surface area contributed by atoms with Crippen molar-refractivity contribution in [3.63, 3.8) is 0 Å². The molecule has 0 heterocycles. The van der Waals surface area contributed by atoms with Crippen molar-refractivity contribution in [3.05, 3.63) is 60.8 Å². The summed E-state index contributed by atoms with van der Waals surface area (Å²) in [6, 6.07) is -1.48. The second kappa shape index (κ2) is 35.1. The smallest absolute Gasteiger partial charge is 0.472 e. The first-order chi connectivity index (χ1) is 24.2. The molecule has 0 bridgehead atoms. The Morgan fingerprint density at radius 1 is 0.660 bits per heavy atom. The van der Waals surface area contributed by atoms with E-state index in [0.29, 0.717) is 13.0 Å². The molecule has 3 unspecified atom stereocenters. The number of carboxylic acids is 1. The lowest BCUT2D eigenvalue weighted by Crippen LogP contribution is -2.34. The molecule has 0 fully saturated rings. The average molecular weight is 726 g/mol. The zero-order valence-corrected chi connectivity index (χ0v) is 31.9. The van der Waals surface area contributed by atoms with Gasteiger partial charge in [-0.1, -0.05) is 120 Å². The van der Waals surface area contributed by atoms with Gasteiger partial charge in [-0.15, -0.1) is 0 Å². The van der Waals surface area contributed by atoms with Crippen molar-refractivity contribution in [1.29, 1.82) is 0 Å². The molecular weight excluding hydrogens is 657 g/mol. The Labute approximate surface area is 302 Å². The molecule has 0 rings (SSSR count). The van der Waals surface area contributed by atoms with Crippen LogP contribution in [0.4, 0.5) is 0 Å². The van der Waals surface area contributed by atoms with Gasteiger partial charge in [-0.2, -0.15) is 0 Å². The van der Waals surface area contributed by atoms with E-state index in [0.717, 1.165) is 109 Å². The number of ether oxygens (including phenoxy) is 2. The van der Waals surface area contributed by atoms with Gasteiger partial charge >= 0.3 is 19.8 Å². The number of aliphatic carboxylic acids is 1. The third kappa shape index (κ3) is 34.1. The topological polar surface area (TPSA) is 155 Å². The van der Waals surface area contributed by atoms with Crippen molar-refractivity contribution in [1.82, 2.24) is 0 Å². The first kappa shape index (κ1) is 47.7. The molecule has 0 aromatic carbocycles. The fourth-order valence-corrected chi connectivity index (χ4v) is 5.37. The molecule has 3 atom stereocenters. The van der Waals surface area contributed by atoms with Gasteiger partial charge in [-0.3, -0.25) is 18.6 Å². The van der Waals surface area contributed by atoms with E-state index in [1.165, 1.54) is 0 Å². The van der Waals surface area contributed by atoms with Crippen LogP contribution >= 0.6 is 7.82 Å². The summed E-state index contributed by atoms with van der Waals surface area (Å²) >= 11 is 0. The van der Waals surface area contributed by atoms with Crippen LogP contribution in [0.3, 0.4) is 0 Å². The van der Waals surface area contributed by atoms with E-state index in [4.69, 9.17) is 24.8 Å². The lowest BCUT2D eigenvalue weighted by atomic mass is 10.1. The summed E-state index contributed by atoms with van der Waals surface area (Å²) < 4.78 is 33.1. The van der Waals surface area contributed by atoms with Gasteiger partial charge in [0, 0.05) is 13.0 Å². The number of nitrogens with two attached hydrogens (primary N) is 1. The lowest BCUT2D eigenvalue weighted by Gasteiger charge is -2.20. The van der Waals surface area contributed by atoms with Crippen LogP contribution in [0, 0.1) is 0 Å². The minimum absolute atomic E-state index is 0.00222. The van der Waals surface area contributed by atoms with Crippen LogP contribution in [-0.4, -0.2) is 60.5 Å². The highest BCUT2D eigenvalue weighted by Crippen LogP contribution is 2.43. The molecule has 0 aliphatic rings. The second-order valence-electron chi connectivity index (χ2n) is 12.3. The van der Waals surface area contributed by atoms with E-state index < -0.39 is 45.1 Å². The first-order valence-corrected chi connectivity index (χ1v) is 20.3. The highest BCUT2D eigenvalue weighted by molar-refractivity contribution is 7.47. The third-order valence-electron chi connectivity index (χ3n) is 7.51. The van der Waals surface area contributed by atoms with Crippen molar-refractivity contribution in [2.75, 3.05) is 26.4 Å². The van der Waals surface area contributed by atoms with Crippen molar-refractivity contribution in [2.45, 2.75) is 148 Å². The number of carbonyl (C=O) groups is 2. The SMILES string of the molecule is CC/C=C\C/C=C\C/C=C\C/C=C\CCCCCCCOCC(COP(=O)(O)OCC(N)C(=O)O)OC(=O)CCCCCCC/C=C\CCC. The number of esters is 1. The summed E-state index contributed by atoms with van der Waals surface area (Å²) in [6.45, 7) is 3.61. The van der Waals surface area contributed by atoms with Gasteiger partial charge in [-0.25, -0.2) is 4.57 Å². The molecule has 50 heavy (non-hydrogen) atoms. The number of allylic oxidation sites excluding steroid dienone is 10. The van der Waals surface area contributed by atoms with Crippen molar-refractivity contribution < 1.29 is 42.7 Å². The van der Waals surface area contributed by atoms with E-state index in [1.54, 1.807) is 0 Å². The van der Waals surface area contributed by atoms with Crippen LogP contribution in [0.1, 0.15) is 136 Å². The molecule has 0 spiro atoms. The molecule has 11 heteroatoms. The molecule has 0 radical (unpaired) electrons. The molecule has 0 aromatic rings. The zero-order valence-electron chi connectivity index (χ0n) is 31.0. The van der Waals surface area contributed by atoms with Crippen LogP contribution < -0.4 is 5.73 Å². The minimum atomic E-state index is -4.62. The zero-order chi connectivity index (χ0) is 37.0. The summed E-state index contributed by atoms with van der Waals surface area (Å²) in [5.41, 5.74) is 5.33. The maximum atomic E-state index is 12.5. The molecule has 0 saturated carbocycles. The van der Waals surface area contributed by atoms with Gasteiger partial charge in [0.25, 0.3) is 0 Å². The number of phosphoric acid groups is 1. The van der Waals surface area contributed by atoms with Gasteiger partial charge in [-0.05, 0) is 70.6 Å². The Balaban J connectivity index is 4.33. The molecular formula is C39H68NO9P. The van der Waals surface area contributed by atoms with E-state index in [9.17, 15) is 19.0 Å². The normalized spacial score (nSPS) is 14.8. The highest BCUT2D eigenvalue weighted by atomic mass is 31.2. The maximum Gasteiger partial charge on any atom is 0.472 e. The predicted octanol–water partition coefficient (Wildman–Crippen LogP) is 9.69. The van der Waals surface area contributed by atoms with Crippen LogP contribution in [0.25, 0.3) is 0 Å². The fourth-order valence-electron chi connectivity index (χ4n) is 4.59. The van der Waals surface area contributed by atoms with Crippen molar-refractivity contribution in [3.8, 4) is 0 Å². The summed E-state index contributed by atoms with van der Waals surface area (Å²) in [6.07, 6.45) is 40.0. The summed E-state index contributed by atoms with van der Waals surface area (Å²) in [5, 5.41) is 8.86. The second-order valence-corrected chi connectivity index (χ2v) is 13.8. The van der Waals surface area contributed by atoms with E-state index in [-0.39, 0.29) is 13.0 Å². The molecule has 10 nitrogen and oxygen atoms in total. The van der Waals surface area contributed by atoms with Crippen molar-refractivity contribution >= 4 is 19.8 Å². The number of hydrogen-bond acceptors (Lipinski definition) is 8. The van der Waals surface area contributed by atoms with E-state index >= 15 is 0 Å². The number of phosphoric ester groups is 1. The Morgan fingerprint density at radius 2 is 1.16 bits per heavy atom. The molecule has 0 aliphatic carbocycles. The fraction of sp³-hybridized carbons (Fsp3) is 0.692. The third-order valence-corrected chi connectivity index (χ3v) is 8.46. The van der Waals surface area contributed by atoms with Gasteiger partial charge in [0.05, 0.1) is 19.8 Å². The summed E-state index contributed by atoms with van der Waals surface area (Å²) in [5.74, 6) is -1.81. The van der Waals surface area contributed by atoms with E-state index in [1.807, 2.05) is 0 Å². The molecule has 0 amide bonds. The lowest BCUT2D eigenvalue weighted by molar-refractivity contribution is -0.154. The first-order valence-electron chi connectivity index (χ1n) is 18.8. The molecule has 0 aliphatic heterocycles. The molecule has 288 valence electrons. The van der Waals surface area contributed by atoms with Crippen LogP contribution in [-0.2, 0) is 32.7 Å². The summed E-state index contributed by atoms with van der Waals surface area (Å²) in [7, 11) is -4.62. The Bertz CT molecular complexity index is 1030. The average Bonchev–Trinajstić information content (AvgIpc) is 3.09. The molecule has 0 saturated heterocycles. The Hall–Kier alpha value is -2.33. The number of rotatable bonds is 35. The van der Waals surface area contributed by atoms with Gasteiger partial charge in [0.2, 0.25) is 0 Å². The van der Waals surface area contributed by atoms with Crippen LogP contribution in [0.5, 0.6) is 0 Å². The Morgan fingerprint density at radius 3 is 1.76 bits per heavy atom. The monoisotopic (exact) mass is 725 g/mol. The minimum Gasteiger partial charge on any atom is -0.480 e. The van der Waals surface area contributed by atoms with Gasteiger partial charge in [0.1, 0.15) is 12.1 Å². The van der Waals surface area contributed by atoms with Gasteiger partial charge in [0.15, 0.2) is 0 Å². The number of hydrogen-bond donors (Lipinski definition) is 3. The molecule has 0 aromatic heterocycles. The highest BCUT2D eigenvalue weighted by Gasteiger charge is 2.27. The summed E-state index contributed by atoms with van der Waals surface area (Å²) in [4.78, 5) is 33.3.